The second kappa shape index (κ2) is 5.01. The van der Waals surface area contributed by atoms with Gasteiger partial charge in [0, 0.05) is 12.1 Å². The van der Waals surface area contributed by atoms with Gasteiger partial charge in [0.05, 0.1) is 5.92 Å². The quantitative estimate of drug-likeness (QED) is 0.721. The number of hydrogen-bond donors (Lipinski definition) is 1. The summed E-state index contributed by atoms with van der Waals surface area (Å²) < 4.78 is 37.5. The van der Waals surface area contributed by atoms with E-state index in [4.69, 9.17) is 0 Å². The third-order valence-corrected chi connectivity index (χ3v) is 2.99. The molecule has 3 atom stereocenters. The lowest BCUT2D eigenvalue weighted by Gasteiger charge is -2.32. The van der Waals surface area contributed by atoms with Crippen LogP contribution < -0.4 is 5.32 Å². The van der Waals surface area contributed by atoms with Gasteiger partial charge in [-0.2, -0.15) is 13.2 Å². The van der Waals surface area contributed by atoms with Crippen LogP contribution in [0.3, 0.4) is 0 Å². The molecular formula is C11H18F3N. The van der Waals surface area contributed by atoms with Gasteiger partial charge in [0.25, 0.3) is 0 Å². The van der Waals surface area contributed by atoms with Crippen LogP contribution in [0, 0.1) is 5.92 Å². The monoisotopic (exact) mass is 221 g/mol. The minimum Gasteiger partial charge on any atom is -0.308 e. The highest BCUT2D eigenvalue weighted by atomic mass is 19.4. The standard InChI is InChI=1S/C11H18F3N/c1-3-8(2)15-10-6-4-5-9(7-10)11(12,13)14/h3,8-10,15H,1,4-7H2,2H3. The van der Waals surface area contributed by atoms with Crippen LogP contribution in [0.2, 0.25) is 0 Å². The van der Waals surface area contributed by atoms with Crippen molar-refractivity contribution in [2.24, 2.45) is 5.92 Å². The summed E-state index contributed by atoms with van der Waals surface area (Å²) in [7, 11) is 0. The molecule has 3 unspecified atom stereocenters. The van der Waals surface area contributed by atoms with Crippen molar-refractivity contribution in [3.63, 3.8) is 0 Å². The van der Waals surface area contributed by atoms with Crippen LogP contribution in [0.15, 0.2) is 12.7 Å². The van der Waals surface area contributed by atoms with Gasteiger partial charge in [-0.25, -0.2) is 0 Å². The fraction of sp³-hybridized carbons (Fsp3) is 0.818. The second-order valence-electron chi connectivity index (χ2n) is 4.29. The molecule has 1 nitrogen and oxygen atoms in total. The van der Waals surface area contributed by atoms with Crippen molar-refractivity contribution in [2.45, 2.75) is 50.9 Å². The molecule has 1 aliphatic carbocycles. The first-order valence-electron chi connectivity index (χ1n) is 5.38. The molecule has 4 heteroatoms. The molecule has 88 valence electrons. The topological polar surface area (TPSA) is 12.0 Å². The minimum absolute atomic E-state index is 0.0154. The lowest BCUT2D eigenvalue weighted by molar-refractivity contribution is -0.183. The molecule has 0 bridgehead atoms. The predicted octanol–water partition coefficient (Wildman–Crippen LogP) is 3.27. The summed E-state index contributed by atoms with van der Waals surface area (Å²) in [5.74, 6) is -1.12. The van der Waals surface area contributed by atoms with Crippen molar-refractivity contribution in [3.05, 3.63) is 12.7 Å². The van der Waals surface area contributed by atoms with Crippen LogP contribution >= 0.6 is 0 Å². The van der Waals surface area contributed by atoms with Crippen molar-refractivity contribution < 1.29 is 13.2 Å². The summed E-state index contributed by atoms with van der Waals surface area (Å²) in [6.07, 6.45) is -0.322. The molecule has 1 saturated carbocycles. The summed E-state index contributed by atoms with van der Waals surface area (Å²) in [6.45, 7) is 5.52. The summed E-state index contributed by atoms with van der Waals surface area (Å²) in [6, 6.07) is 0.0698. The smallest absolute Gasteiger partial charge is 0.308 e. The van der Waals surface area contributed by atoms with E-state index in [9.17, 15) is 13.2 Å². The average molecular weight is 221 g/mol. The summed E-state index contributed by atoms with van der Waals surface area (Å²) >= 11 is 0. The lowest BCUT2D eigenvalue weighted by Crippen LogP contribution is -2.41. The Morgan fingerprint density at radius 1 is 1.40 bits per heavy atom. The van der Waals surface area contributed by atoms with E-state index >= 15 is 0 Å². The van der Waals surface area contributed by atoms with Crippen molar-refractivity contribution >= 4 is 0 Å². The van der Waals surface area contributed by atoms with Crippen LogP contribution in [0.5, 0.6) is 0 Å². The lowest BCUT2D eigenvalue weighted by atomic mass is 9.85. The fourth-order valence-electron chi connectivity index (χ4n) is 2.08. The minimum atomic E-state index is -4.03. The molecule has 0 spiro atoms. The molecule has 0 aromatic carbocycles. The van der Waals surface area contributed by atoms with Crippen LogP contribution in [0.25, 0.3) is 0 Å². The molecule has 0 aromatic heterocycles. The Balaban J connectivity index is 2.45. The third kappa shape index (κ3) is 3.86. The zero-order valence-electron chi connectivity index (χ0n) is 8.98. The predicted molar refractivity (Wildman–Crippen MR) is 54.6 cm³/mol. The molecule has 1 fully saturated rings. The van der Waals surface area contributed by atoms with E-state index in [0.717, 1.165) is 6.42 Å². The first-order valence-corrected chi connectivity index (χ1v) is 5.38. The molecule has 1 aliphatic rings. The highest BCUT2D eigenvalue weighted by Gasteiger charge is 2.42. The van der Waals surface area contributed by atoms with E-state index in [1.54, 1.807) is 6.08 Å². The van der Waals surface area contributed by atoms with Gasteiger partial charge in [0.2, 0.25) is 0 Å². The third-order valence-electron chi connectivity index (χ3n) is 2.99. The molecule has 1 rings (SSSR count). The summed E-state index contributed by atoms with van der Waals surface area (Å²) in [5.41, 5.74) is 0. The van der Waals surface area contributed by atoms with E-state index in [1.807, 2.05) is 6.92 Å². The SMILES string of the molecule is C=CC(C)NC1CCCC(C(F)(F)F)C1. The Kier molecular flexibility index (Phi) is 4.20. The highest BCUT2D eigenvalue weighted by molar-refractivity contribution is 4.88. The molecular weight excluding hydrogens is 203 g/mol. The maximum absolute atomic E-state index is 12.5. The van der Waals surface area contributed by atoms with Crippen molar-refractivity contribution in [1.29, 1.82) is 0 Å². The molecule has 1 N–H and O–H groups in total. The molecule has 0 heterocycles. The number of hydrogen-bond acceptors (Lipinski definition) is 1. The molecule has 0 radical (unpaired) electrons. The Morgan fingerprint density at radius 3 is 2.60 bits per heavy atom. The van der Waals surface area contributed by atoms with Gasteiger partial charge in [-0.15, -0.1) is 6.58 Å². The van der Waals surface area contributed by atoms with Crippen LogP contribution in [-0.4, -0.2) is 18.3 Å². The number of rotatable bonds is 3. The Bertz CT molecular complexity index is 212. The fourth-order valence-corrected chi connectivity index (χ4v) is 2.08. The second-order valence-corrected chi connectivity index (χ2v) is 4.29. The Morgan fingerprint density at radius 2 is 2.07 bits per heavy atom. The van der Waals surface area contributed by atoms with Crippen LogP contribution in [-0.2, 0) is 0 Å². The zero-order valence-corrected chi connectivity index (χ0v) is 8.98. The van der Waals surface area contributed by atoms with E-state index in [2.05, 4.69) is 11.9 Å². The van der Waals surface area contributed by atoms with E-state index in [1.165, 1.54) is 0 Å². The average Bonchev–Trinajstić information content (AvgIpc) is 2.17. The first-order chi connectivity index (χ1) is 6.93. The maximum Gasteiger partial charge on any atom is 0.391 e. The Labute approximate surface area is 88.7 Å². The largest absolute Gasteiger partial charge is 0.391 e. The van der Waals surface area contributed by atoms with E-state index < -0.39 is 12.1 Å². The number of halogens is 3. The van der Waals surface area contributed by atoms with E-state index in [0.29, 0.717) is 6.42 Å². The summed E-state index contributed by atoms with van der Waals surface area (Å²) in [4.78, 5) is 0. The molecule has 0 amide bonds. The van der Waals surface area contributed by atoms with Crippen molar-refractivity contribution in [3.8, 4) is 0 Å². The number of nitrogens with one attached hydrogen (secondary N) is 1. The zero-order chi connectivity index (χ0) is 11.5. The first kappa shape index (κ1) is 12.6. The van der Waals surface area contributed by atoms with Crippen molar-refractivity contribution in [1.82, 2.24) is 5.32 Å². The van der Waals surface area contributed by atoms with Gasteiger partial charge in [-0.1, -0.05) is 12.5 Å². The van der Waals surface area contributed by atoms with Gasteiger partial charge >= 0.3 is 6.18 Å². The van der Waals surface area contributed by atoms with Crippen LogP contribution in [0.1, 0.15) is 32.6 Å². The maximum atomic E-state index is 12.5. The van der Waals surface area contributed by atoms with Gasteiger partial charge in [-0.3, -0.25) is 0 Å². The number of alkyl halides is 3. The highest BCUT2D eigenvalue weighted by Crippen LogP contribution is 2.37. The van der Waals surface area contributed by atoms with Gasteiger partial charge < -0.3 is 5.32 Å². The van der Waals surface area contributed by atoms with Crippen molar-refractivity contribution in [2.75, 3.05) is 0 Å². The molecule has 0 aromatic rings. The molecule has 15 heavy (non-hydrogen) atoms. The summed E-state index contributed by atoms with van der Waals surface area (Å²) in [5, 5.41) is 3.15. The molecule has 0 saturated heterocycles. The van der Waals surface area contributed by atoms with Crippen LogP contribution in [0.4, 0.5) is 13.2 Å². The normalized spacial score (nSPS) is 29.9. The van der Waals surface area contributed by atoms with Gasteiger partial charge in [0.1, 0.15) is 0 Å². The van der Waals surface area contributed by atoms with E-state index in [-0.39, 0.29) is 24.9 Å². The Hall–Kier alpha value is -0.510. The molecule has 0 aliphatic heterocycles. The van der Waals surface area contributed by atoms with Gasteiger partial charge in [0.15, 0.2) is 0 Å². The van der Waals surface area contributed by atoms with Gasteiger partial charge in [-0.05, 0) is 26.2 Å².